The third-order valence-electron chi connectivity index (χ3n) is 10.2. The predicted molar refractivity (Wildman–Crippen MR) is 174 cm³/mol. The second kappa shape index (κ2) is 11.0. The number of terminal acetylenes is 1. The summed E-state index contributed by atoms with van der Waals surface area (Å²) in [5, 5.41) is 20.5. The number of halogens is 3. The molecule has 242 valence electrons. The maximum absolute atomic E-state index is 17.4. The molecule has 0 bridgehead atoms. The normalized spacial score (nSPS) is 22.9. The monoisotopic (exact) mass is 641 g/mol. The molecule has 47 heavy (non-hydrogen) atoms. The average molecular weight is 642 g/mol. The lowest BCUT2D eigenvalue weighted by Gasteiger charge is -2.31. The van der Waals surface area contributed by atoms with E-state index in [2.05, 4.69) is 31.1 Å². The number of nitrogens with zero attached hydrogens (tertiary/aromatic N) is 6. The summed E-state index contributed by atoms with van der Waals surface area (Å²) < 4.78 is 54.8. The summed E-state index contributed by atoms with van der Waals surface area (Å²) in [4.78, 5) is 13.8. The molecule has 3 aliphatic rings. The van der Waals surface area contributed by atoms with Gasteiger partial charge in [0.2, 0.25) is 0 Å². The van der Waals surface area contributed by atoms with Crippen LogP contribution >= 0.6 is 0 Å². The molecule has 5 aromatic rings. The molecule has 2 aromatic heterocycles. The van der Waals surface area contributed by atoms with E-state index in [1.54, 1.807) is 17.9 Å². The third kappa shape index (κ3) is 4.66. The first-order valence-corrected chi connectivity index (χ1v) is 15.9. The van der Waals surface area contributed by atoms with E-state index < -0.39 is 23.3 Å². The Labute approximate surface area is 269 Å². The number of phenols is 1. The van der Waals surface area contributed by atoms with Crippen LogP contribution in [0.25, 0.3) is 43.7 Å². The number of rotatable bonds is 6. The van der Waals surface area contributed by atoms with Gasteiger partial charge in [-0.1, -0.05) is 12.0 Å². The van der Waals surface area contributed by atoms with Crippen molar-refractivity contribution in [2.75, 3.05) is 44.7 Å². The standard InChI is InChI=1S/C35H34F3N7O2/c1-4-23-26(37)7-6-19-12-22(46)13-24(27(19)23)28-30(38)32-29(25-17-43(3)42-31(25)28)33(44-11-8-21(16-44)39-2)41-34(40-32)47-18-35-9-5-10-45(35)15-20(36)14-35/h1,6-7,12-13,17,20-21,39,46H,5,8-11,14-16,18H2,2-3H3/t20-,21-,35+/m1/s1. The number of hydrogen-bond donors (Lipinski definition) is 2. The number of hydrogen-bond acceptors (Lipinski definition) is 8. The van der Waals surface area contributed by atoms with Gasteiger partial charge in [-0.05, 0) is 62.0 Å². The molecule has 2 N–H and O–H groups in total. The number of nitrogens with one attached hydrogen (secondary N) is 1. The Morgan fingerprint density at radius 3 is 2.79 bits per heavy atom. The van der Waals surface area contributed by atoms with Crippen molar-refractivity contribution in [3.63, 3.8) is 0 Å². The lowest BCUT2D eigenvalue weighted by molar-refractivity contribution is 0.107. The van der Waals surface area contributed by atoms with Crippen LogP contribution in [0.1, 0.15) is 31.2 Å². The molecule has 3 aromatic carbocycles. The smallest absolute Gasteiger partial charge is 0.319 e. The van der Waals surface area contributed by atoms with Crippen LogP contribution in [-0.2, 0) is 7.05 Å². The van der Waals surface area contributed by atoms with Crippen molar-refractivity contribution in [2.45, 2.75) is 43.4 Å². The molecule has 0 radical (unpaired) electrons. The van der Waals surface area contributed by atoms with Crippen molar-refractivity contribution < 1.29 is 23.0 Å². The van der Waals surface area contributed by atoms with E-state index in [9.17, 15) is 9.50 Å². The Bertz CT molecular complexity index is 2130. The van der Waals surface area contributed by atoms with E-state index in [0.29, 0.717) is 53.5 Å². The largest absolute Gasteiger partial charge is 0.508 e. The molecule has 0 spiro atoms. The number of aromatic hydroxyl groups is 1. The van der Waals surface area contributed by atoms with Crippen molar-refractivity contribution in [2.24, 2.45) is 7.05 Å². The molecule has 0 saturated carbocycles. The van der Waals surface area contributed by atoms with Gasteiger partial charge in [-0.2, -0.15) is 15.1 Å². The second-order valence-corrected chi connectivity index (χ2v) is 13.0. The van der Waals surface area contributed by atoms with Crippen molar-refractivity contribution in [1.82, 2.24) is 30.0 Å². The number of likely N-dealkylation sites (N-methyl/N-ethyl adjacent to an activating group) is 1. The maximum Gasteiger partial charge on any atom is 0.319 e. The highest BCUT2D eigenvalue weighted by atomic mass is 19.1. The van der Waals surface area contributed by atoms with Crippen LogP contribution in [-0.4, -0.2) is 87.3 Å². The number of phenolic OH excluding ortho intramolecular Hbond substituents is 1. The van der Waals surface area contributed by atoms with Gasteiger partial charge >= 0.3 is 6.01 Å². The summed E-state index contributed by atoms with van der Waals surface area (Å²) in [5.74, 6) is 1.42. The fourth-order valence-corrected chi connectivity index (χ4v) is 8.05. The zero-order valence-electron chi connectivity index (χ0n) is 26.2. The Morgan fingerprint density at radius 1 is 1.15 bits per heavy atom. The van der Waals surface area contributed by atoms with Crippen molar-refractivity contribution in [3.05, 3.63) is 47.7 Å². The Kier molecular flexibility index (Phi) is 6.97. The zero-order chi connectivity index (χ0) is 32.6. The van der Waals surface area contributed by atoms with Crippen LogP contribution < -0.4 is 15.0 Å². The molecule has 8 rings (SSSR count). The molecule has 9 nitrogen and oxygen atoms in total. The molecule has 3 atom stereocenters. The number of benzene rings is 3. The van der Waals surface area contributed by atoms with Crippen molar-refractivity contribution >= 4 is 38.4 Å². The molecule has 12 heteroatoms. The Hall–Kier alpha value is -4.60. The first-order chi connectivity index (χ1) is 22.7. The SMILES string of the molecule is C#Cc1c(F)ccc2cc(O)cc(-c3c(F)c4nc(OC[C@@]56CCCN5C[C@H](F)C6)nc(N5CC[C@@H](NC)C5)c4c4cn(C)nc34)c12. The van der Waals surface area contributed by atoms with Crippen LogP contribution in [0.5, 0.6) is 11.8 Å². The van der Waals surface area contributed by atoms with E-state index in [0.717, 1.165) is 25.8 Å². The number of ether oxygens (including phenoxy) is 1. The minimum absolute atomic E-state index is 0.000806. The van der Waals surface area contributed by atoms with Gasteiger partial charge in [-0.25, -0.2) is 13.2 Å². The van der Waals surface area contributed by atoms with Crippen LogP contribution in [0.2, 0.25) is 0 Å². The van der Waals surface area contributed by atoms with Crippen LogP contribution in [0, 0.1) is 24.0 Å². The lowest BCUT2D eigenvalue weighted by atomic mass is 9.91. The van der Waals surface area contributed by atoms with E-state index in [4.69, 9.17) is 16.1 Å². The first-order valence-electron chi connectivity index (χ1n) is 15.9. The van der Waals surface area contributed by atoms with Crippen LogP contribution in [0.15, 0.2) is 30.5 Å². The molecule has 0 aliphatic carbocycles. The molecular formula is C35H34F3N7O2. The quantitative estimate of drug-likeness (QED) is 0.249. The summed E-state index contributed by atoms with van der Waals surface area (Å²) in [6.07, 6.45) is 9.61. The van der Waals surface area contributed by atoms with Gasteiger partial charge in [0.1, 0.15) is 41.2 Å². The fourth-order valence-electron chi connectivity index (χ4n) is 8.05. The number of aromatic nitrogens is 4. The summed E-state index contributed by atoms with van der Waals surface area (Å²) in [6, 6.07) is 5.76. The molecule has 3 aliphatic heterocycles. The zero-order valence-corrected chi connectivity index (χ0v) is 26.2. The van der Waals surface area contributed by atoms with Gasteiger partial charge in [-0.15, -0.1) is 6.42 Å². The number of anilines is 1. The predicted octanol–water partition coefficient (Wildman–Crippen LogP) is 5.06. The van der Waals surface area contributed by atoms with E-state index in [-0.39, 0.29) is 52.0 Å². The van der Waals surface area contributed by atoms with Gasteiger partial charge in [0.15, 0.2) is 5.82 Å². The van der Waals surface area contributed by atoms with E-state index in [1.807, 2.05) is 7.05 Å². The molecule has 0 amide bonds. The summed E-state index contributed by atoms with van der Waals surface area (Å²) in [5.41, 5.74) is 0.00868. The first kappa shape index (κ1) is 29.8. The van der Waals surface area contributed by atoms with Crippen molar-refractivity contribution in [3.8, 4) is 35.2 Å². The third-order valence-corrected chi connectivity index (χ3v) is 10.2. The van der Waals surface area contributed by atoms with Gasteiger partial charge < -0.3 is 20.1 Å². The minimum Gasteiger partial charge on any atom is -0.508 e. The van der Waals surface area contributed by atoms with E-state index >= 15 is 8.78 Å². The highest BCUT2D eigenvalue weighted by Crippen LogP contribution is 2.45. The van der Waals surface area contributed by atoms with E-state index in [1.165, 1.54) is 24.3 Å². The maximum atomic E-state index is 17.4. The number of aryl methyl sites for hydroxylation is 1. The highest BCUT2D eigenvalue weighted by Gasteiger charge is 2.49. The van der Waals surface area contributed by atoms with Gasteiger partial charge in [-0.3, -0.25) is 9.58 Å². The average Bonchev–Trinajstić information content (AvgIpc) is 3.83. The molecular weight excluding hydrogens is 607 g/mol. The summed E-state index contributed by atoms with van der Waals surface area (Å²) in [6.45, 7) is 2.67. The molecule has 0 unspecified atom stereocenters. The van der Waals surface area contributed by atoms with Gasteiger partial charge in [0.05, 0.1) is 16.5 Å². The number of fused-ring (bicyclic) bond motifs is 5. The molecule has 5 heterocycles. The van der Waals surface area contributed by atoms with Crippen LogP contribution in [0.3, 0.4) is 0 Å². The van der Waals surface area contributed by atoms with Crippen LogP contribution in [0.4, 0.5) is 19.0 Å². The second-order valence-electron chi connectivity index (χ2n) is 13.0. The molecule has 3 saturated heterocycles. The lowest BCUT2D eigenvalue weighted by Crippen LogP contribution is -2.43. The minimum atomic E-state index is -0.927. The molecule has 3 fully saturated rings. The summed E-state index contributed by atoms with van der Waals surface area (Å²) >= 11 is 0. The topological polar surface area (TPSA) is 91.6 Å². The highest BCUT2D eigenvalue weighted by molar-refractivity contribution is 6.18. The van der Waals surface area contributed by atoms with Gasteiger partial charge in [0.25, 0.3) is 0 Å². The Morgan fingerprint density at radius 2 is 2.00 bits per heavy atom. The van der Waals surface area contributed by atoms with Gasteiger partial charge in [0, 0.05) is 61.7 Å². The summed E-state index contributed by atoms with van der Waals surface area (Å²) in [7, 11) is 3.64. The fraction of sp³-hybridized carbons (Fsp3) is 0.400. The Balaban J connectivity index is 1.38. The van der Waals surface area contributed by atoms with Crippen molar-refractivity contribution in [1.29, 1.82) is 0 Å². The number of alkyl halides is 1.